The van der Waals surface area contributed by atoms with Gasteiger partial charge in [0.1, 0.15) is 11.6 Å². The van der Waals surface area contributed by atoms with Gasteiger partial charge in [-0.15, -0.1) is 0 Å². The summed E-state index contributed by atoms with van der Waals surface area (Å²) in [6.45, 7) is 2.42. The molecule has 0 spiro atoms. The lowest BCUT2D eigenvalue weighted by atomic mass is 10.2. The number of piperazine rings is 1. The molecule has 0 unspecified atom stereocenters. The summed E-state index contributed by atoms with van der Waals surface area (Å²) in [5.74, 6) is 1.04. The summed E-state index contributed by atoms with van der Waals surface area (Å²) >= 11 is 0. The Hall–Kier alpha value is -3.54. The van der Waals surface area contributed by atoms with Gasteiger partial charge in [0, 0.05) is 31.9 Å². The average molecular weight is 391 g/mol. The second-order valence-electron chi connectivity index (χ2n) is 6.80. The molecule has 2 amide bonds. The van der Waals surface area contributed by atoms with Crippen LogP contribution in [-0.2, 0) is 0 Å². The normalized spacial score (nSPS) is 13.8. The number of anilines is 2. The molecule has 148 valence electrons. The topological polar surface area (TPSA) is 44.8 Å². The Balaban J connectivity index is 1.38. The Morgan fingerprint density at radius 2 is 1.59 bits per heavy atom. The smallest absolute Gasteiger partial charge is 0.322 e. The number of halogens is 1. The van der Waals surface area contributed by atoms with Crippen molar-refractivity contribution in [1.82, 2.24) is 4.90 Å². The highest BCUT2D eigenvalue weighted by atomic mass is 19.1. The monoisotopic (exact) mass is 391 g/mol. The minimum Gasteiger partial charge on any atom is -0.455 e. The van der Waals surface area contributed by atoms with E-state index in [2.05, 4.69) is 10.2 Å². The van der Waals surface area contributed by atoms with Crippen molar-refractivity contribution in [3.63, 3.8) is 0 Å². The average Bonchev–Trinajstić information content (AvgIpc) is 2.76. The van der Waals surface area contributed by atoms with E-state index in [0.29, 0.717) is 43.4 Å². The summed E-state index contributed by atoms with van der Waals surface area (Å²) in [5.41, 5.74) is 1.46. The first-order valence-corrected chi connectivity index (χ1v) is 9.57. The molecule has 6 heteroatoms. The van der Waals surface area contributed by atoms with Crippen LogP contribution in [-0.4, -0.2) is 37.1 Å². The Morgan fingerprint density at radius 3 is 2.34 bits per heavy atom. The zero-order valence-electron chi connectivity index (χ0n) is 15.9. The van der Waals surface area contributed by atoms with Crippen molar-refractivity contribution in [2.24, 2.45) is 0 Å². The molecular formula is C23H22FN3O2. The number of hydrogen-bond acceptors (Lipinski definition) is 3. The third-order valence-electron chi connectivity index (χ3n) is 4.84. The van der Waals surface area contributed by atoms with Gasteiger partial charge in [-0.1, -0.05) is 36.4 Å². The van der Waals surface area contributed by atoms with E-state index in [-0.39, 0.29) is 11.8 Å². The van der Waals surface area contributed by atoms with Crippen LogP contribution in [0, 0.1) is 5.82 Å². The number of hydrogen-bond donors (Lipinski definition) is 1. The summed E-state index contributed by atoms with van der Waals surface area (Å²) in [5, 5.41) is 2.95. The van der Waals surface area contributed by atoms with Crippen LogP contribution >= 0.6 is 0 Å². The van der Waals surface area contributed by atoms with Crippen LogP contribution in [0.15, 0.2) is 78.9 Å². The predicted molar refractivity (Wildman–Crippen MR) is 112 cm³/mol. The lowest BCUT2D eigenvalue weighted by Gasteiger charge is -2.36. The van der Waals surface area contributed by atoms with Crippen LogP contribution < -0.4 is 15.0 Å². The second-order valence-corrected chi connectivity index (χ2v) is 6.80. The molecule has 4 rings (SSSR count). The molecule has 0 bridgehead atoms. The van der Waals surface area contributed by atoms with Gasteiger partial charge in [0.25, 0.3) is 0 Å². The molecule has 3 aromatic rings. The largest absolute Gasteiger partial charge is 0.455 e. The van der Waals surface area contributed by atoms with Crippen molar-refractivity contribution in [2.45, 2.75) is 0 Å². The van der Waals surface area contributed by atoms with E-state index in [1.165, 1.54) is 12.1 Å². The zero-order valence-corrected chi connectivity index (χ0v) is 15.9. The minimum absolute atomic E-state index is 0.173. The van der Waals surface area contributed by atoms with E-state index in [1.54, 1.807) is 11.0 Å². The molecule has 0 aliphatic carbocycles. The van der Waals surface area contributed by atoms with Crippen LogP contribution in [0.1, 0.15) is 0 Å². The van der Waals surface area contributed by atoms with Crippen LogP contribution in [0.4, 0.5) is 20.6 Å². The highest BCUT2D eigenvalue weighted by Gasteiger charge is 2.22. The molecule has 0 atom stereocenters. The third kappa shape index (κ3) is 4.66. The molecule has 1 heterocycles. The SMILES string of the molecule is O=C(Nc1ccccc1Oc1ccccc1)N1CCN(c2cccc(F)c2)CC1. The zero-order chi connectivity index (χ0) is 20.1. The fourth-order valence-corrected chi connectivity index (χ4v) is 3.31. The number of urea groups is 1. The van der Waals surface area contributed by atoms with E-state index in [0.717, 1.165) is 5.69 Å². The number of amides is 2. The van der Waals surface area contributed by atoms with Gasteiger partial charge in [-0.25, -0.2) is 9.18 Å². The first-order chi connectivity index (χ1) is 14.2. The minimum atomic E-state index is -0.252. The lowest BCUT2D eigenvalue weighted by Crippen LogP contribution is -2.50. The predicted octanol–water partition coefficient (Wildman–Crippen LogP) is 4.97. The lowest BCUT2D eigenvalue weighted by molar-refractivity contribution is 0.208. The molecule has 5 nitrogen and oxygen atoms in total. The fourth-order valence-electron chi connectivity index (χ4n) is 3.31. The van der Waals surface area contributed by atoms with Crippen LogP contribution in [0.25, 0.3) is 0 Å². The van der Waals surface area contributed by atoms with Crippen molar-refractivity contribution < 1.29 is 13.9 Å². The van der Waals surface area contributed by atoms with Crippen LogP contribution in [0.2, 0.25) is 0 Å². The number of carbonyl (C=O) groups excluding carboxylic acids is 1. The van der Waals surface area contributed by atoms with E-state index in [9.17, 15) is 9.18 Å². The highest BCUT2D eigenvalue weighted by molar-refractivity contribution is 5.91. The standard InChI is InChI=1S/C23H22FN3O2/c24-18-7-6-8-19(17-18)26-13-15-27(16-14-26)23(28)25-21-11-4-5-12-22(21)29-20-9-2-1-3-10-20/h1-12,17H,13-16H2,(H,25,28). The maximum absolute atomic E-state index is 13.5. The Labute approximate surface area is 169 Å². The summed E-state index contributed by atoms with van der Waals surface area (Å²) in [7, 11) is 0. The number of nitrogens with zero attached hydrogens (tertiary/aromatic N) is 2. The van der Waals surface area contributed by atoms with Crippen molar-refractivity contribution in [1.29, 1.82) is 0 Å². The quantitative estimate of drug-likeness (QED) is 0.683. The van der Waals surface area contributed by atoms with E-state index >= 15 is 0 Å². The summed E-state index contributed by atoms with van der Waals surface area (Å²) in [4.78, 5) is 16.6. The maximum Gasteiger partial charge on any atom is 0.322 e. The van der Waals surface area contributed by atoms with E-state index in [4.69, 9.17) is 4.74 Å². The Morgan fingerprint density at radius 1 is 0.862 bits per heavy atom. The summed E-state index contributed by atoms with van der Waals surface area (Å²) < 4.78 is 19.4. The summed E-state index contributed by atoms with van der Waals surface area (Å²) in [6.07, 6.45) is 0. The number of benzene rings is 3. The molecule has 1 aliphatic rings. The Bertz CT molecular complexity index is 973. The van der Waals surface area contributed by atoms with Gasteiger partial charge in [0.2, 0.25) is 0 Å². The first kappa shape index (κ1) is 18.8. The van der Waals surface area contributed by atoms with E-state index in [1.807, 2.05) is 60.7 Å². The molecule has 1 aliphatic heterocycles. The molecule has 1 fully saturated rings. The van der Waals surface area contributed by atoms with Crippen molar-refractivity contribution in [3.8, 4) is 11.5 Å². The highest BCUT2D eigenvalue weighted by Crippen LogP contribution is 2.29. The van der Waals surface area contributed by atoms with Crippen LogP contribution in [0.5, 0.6) is 11.5 Å². The van der Waals surface area contributed by atoms with Gasteiger partial charge in [-0.05, 0) is 42.5 Å². The van der Waals surface area contributed by atoms with Gasteiger partial charge in [0.15, 0.2) is 5.75 Å². The van der Waals surface area contributed by atoms with E-state index < -0.39 is 0 Å². The maximum atomic E-state index is 13.5. The van der Waals surface area contributed by atoms with Gasteiger partial charge in [-0.2, -0.15) is 0 Å². The van der Waals surface area contributed by atoms with Gasteiger partial charge < -0.3 is 19.9 Å². The number of rotatable bonds is 4. The van der Waals surface area contributed by atoms with Gasteiger partial charge in [0.05, 0.1) is 5.69 Å². The molecule has 0 aromatic heterocycles. The third-order valence-corrected chi connectivity index (χ3v) is 4.84. The van der Waals surface area contributed by atoms with Crippen molar-refractivity contribution >= 4 is 17.4 Å². The molecule has 1 saturated heterocycles. The molecular weight excluding hydrogens is 369 g/mol. The molecule has 0 saturated carbocycles. The van der Waals surface area contributed by atoms with Crippen molar-refractivity contribution in [2.75, 3.05) is 36.4 Å². The molecule has 3 aromatic carbocycles. The number of carbonyl (C=O) groups is 1. The Kier molecular flexibility index (Phi) is 5.61. The fraction of sp³-hybridized carbons (Fsp3) is 0.174. The first-order valence-electron chi connectivity index (χ1n) is 9.57. The number of ether oxygens (including phenoxy) is 1. The second kappa shape index (κ2) is 8.65. The number of para-hydroxylation sites is 3. The molecule has 0 radical (unpaired) electrons. The van der Waals surface area contributed by atoms with Crippen LogP contribution in [0.3, 0.4) is 0 Å². The number of nitrogens with one attached hydrogen (secondary N) is 1. The van der Waals surface area contributed by atoms with Crippen molar-refractivity contribution in [3.05, 3.63) is 84.7 Å². The van der Waals surface area contributed by atoms with Gasteiger partial charge in [-0.3, -0.25) is 0 Å². The summed E-state index contributed by atoms with van der Waals surface area (Å²) in [6, 6.07) is 23.2. The molecule has 29 heavy (non-hydrogen) atoms. The van der Waals surface area contributed by atoms with Gasteiger partial charge >= 0.3 is 6.03 Å². The molecule has 1 N–H and O–H groups in total.